The highest BCUT2D eigenvalue weighted by Crippen LogP contribution is 2.34. The molecule has 1 fully saturated rings. The maximum atomic E-state index is 10.0. The minimum atomic E-state index is -1.05. The topological polar surface area (TPSA) is 132 Å². The Morgan fingerprint density at radius 3 is 2.79 bits per heavy atom. The molecule has 0 aliphatic carbocycles. The minimum Gasteiger partial charge on any atom is -0.388 e. The van der Waals surface area contributed by atoms with Crippen LogP contribution in [0.3, 0.4) is 0 Å². The summed E-state index contributed by atoms with van der Waals surface area (Å²) in [7, 11) is 0. The smallest absolute Gasteiger partial charge is 0.151 e. The quantitative estimate of drug-likeness (QED) is 0.515. The van der Waals surface area contributed by atoms with Gasteiger partial charge in [-0.25, -0.2) is 9.50 Å². The Labute approximate surface area is 108 Å². The third kappa shape index (κ3) is 1.77. The number of hydrogen-bond acceptors (Lipinski definition) is 7. The highest BCUT2D eigenvalue weighted by Gasteiger charge is 2.43. The molecule has 0 radical (unpaired) electrons. The molecule has 3 heterocycles. The van der Waals surface area contributed by atoms with E-state index in [9.17, 15) is 10.2 Å². The second kappa shape index (κ2) is 4.42. The lowest BCUT2D eigenvalue weighted by molar-refractivity contribution is 0.00814. The van der Waals surface area contributed by atoms with Gasteiger partial charge in [-0.3, -0.25) is 0 Å². The van der Waals surface area contributed by atoms with Crippen LogP contribution < -0.4 is 11.5 Å². The van der Waals surface area contributed by atoms with E-state index in [1.54, 1.807) is 16.6 Å². The Morgan fingerprint density at radius 2 is 2.11 bits per heavy atom. The highest BCUT2D eigenvalue weighted by atomic mass is 16.5. The molecule has 1 aliphatic heterocycles. The molecule has 1 saturated heterocycles. The number of ether oxygens (including phenoxy) is 1. The number of aliphatic hydroxyl groups excluding tert-OH is 2. The normalized spacial score (nSPS) is 31.1. The van der Waals surface area contributed by atoms with Gasteiger partial charge in [-0.15, -0.1) is 0 Å². The molecule has 19 heavy (non-hydrogen) atoms. The zero-order valence-electron chi connectivity index (χ0n) is 10.0. The molecule has 0 aromatic carbocycles. The molecule has 2 aromatic heterocycles. The fourth-order valence-corrected chi connectivity index (χ4v) is 2.38. The van der Waals surface area contributed by atoms with Crippen LogP contribution in [0.15, 0.2) is 18.5 Å². The third-order valence-corrected chi connectivity index (χ3v) is 3.40. The summed E-state index contributed by atoms with van der Waals surface area (Å²) in [5.41, 5.74) is 12.5. The Bertz CT molecular complexity index is 601. The van der Waals surface area contributed by atoms with E-state index in [4.69, 9.17) is 16.2 Å². The van der Waals surface area contributed by atoms with Crippen molar-refractivity contribution in [3.63, 3.8) is 0 Å². The van der Waals surface area contributed by atoms with Crippen molar-refractivity contribution < 1.29 is 14.9 Å². The van der Waals surface area contributed by atoms with Crippen molar-refractivity contribution >= 4 is 11.3 Å². The first kappa shape index (κ1) is 12.3. The van der Waals surface area contributed by atoms with Crippen molar-refractivity contribution in [3.05, 3.63) is 24.2 Å². The van der Waals surface area contributed by atoms with E-state index >= 15 is 0 Å². The van der Waals surface area contributed by atoms with Crippen LogP contribution in [0.25, 0.3) is 5.52 Å². The molecule has 0 spiro atoms. The standard InChI is InChI=1S/C11H15N5O3/c12-3-7-8(17)9(18)10(19-7)5-1-2-6-11(13)14-4-15-16(5)6/h1-2,4,7-10,17-18H,3,12H2,(H2,13,14,15)/t7-,8-,9-,10+/m1/s1. The number of fused-ring (bicyclic) bond motifs is 1. The lowest BCUT2D eigenvalue weighted by Crippen LogP contribution is -2.35. The van der Waals surface area contributed by atoms with Crippen molar-refractivity contribution in [1.82, 2.24) is 14.6 Å². The Hall–Kier alpha value is -1.74. The van der Waals surface area contributed by atoms with Crippen LogP contribution in [0.1, 0.15) is 11.8 Å². The van der Waals surface area contributed by atoms with Crippen LogP contribution in [0.4, 0.5) is 5.82 Å². The van der Waals surface area contributed by atoms with Crippen molar-refractivity contribution in [2.75, 3.05) is 12.3 Å². The zero-order chi connectivity index (χ0) is 13.6. The number of hydrogen-bond donors (Lipinski definition) is 4. The average molecular weight is 265 g/mol. The SMILES string of the molecule is NC[C@H]1O[C@@H](c2ccc3c(N)ncnn23)[C@H](O)[C@@H]1O. The van der Waals surface area contributed by atoms with Crippen LogP contribution in [-0.4, -0.2) is 49.7 Å². The number of nitrogens with two attached hydrogens (primary N) is 2. The predicted molar refractivity (Wildman–Crippen MR) is 66.1 cm³/mol. The first-order valence-corrected chi connectivity index (χ1v) is 5.93. The van der Waals surface area contributed by atoms with E-state index in [0.717, 1.165) is 0 Å². The average Bonchev–Trinajstić information content (AvgIpc) is 2.94. The molecule has 6 N–H and O–H groups in total. The molecule has 0 amide bonds. The van der Waals surface area contributed by atoms with Crippen molar-refractivity contribution in [2.24, 2.45) is 5.73 Å². The van der Waals surface area contributed by atoms with Gasteiger partial charge in [-0.2, -0.15) is 5.10 Å². The lowest BCUT2D eigenvalue weighted by atomic mass is 10.1. The second-order valence-corrected chi connectivity index (χ2v) is 4.51. The second-order valence-electron chi connectivity index (χ2n) is 4.51. The molecule has 0 saturated carbocycles. The first-order valence-electron chi connectivity index (χ1n) is 5.93. The molecule has 102 valence electrons. The third-order valence-electron chi connectivity index (χ3n) is 3.40. The molecule has 8 nitrogen and oxygen atoms in total. The summed E-state index contributed by atoms with van der Waals surface area (Å²) in [6, 6.07) is 3.47. The predicted octanol–water partition coefficient (Wildman–Crippen LogP) is -1.57. The first-order chi connectivity index (χ1) is 9.13. The van der Waals surface area contributed by atoms with Gasteiger partial charge in [0.05, 0.1) is 11.8 Å². The Kier molecular flexibility index (Phi) is 2.86. The summed E-state index contributed by atoms with van der Waals surface area (Å²) in [6.07, 6.45) is -2.03. The molecule has 4 atom stereocenters. The number of nitrogens with zero attached hydrogens (tertiary/aromatic N) is 3. The van der Waals surface area contributed by atoms with Crippen molar-refractivity contribution in [2.45, 2.75) is 24.4 Å². The maximum absolute atomic E-state index is 10.0. The van der Waals surface area contributed by atoms with Crippen LogP contribution in [0.2, 0.25) is 0 Å². The van der Waals surface area contributed by atoms with Gasteiger partial charge >= 0.3 is 0 Å². The number of rotatable bonds is 2. The Balaban J connectivity index is 2.04. The van der Waals surface area contributed by atoms with Crippen LogP contribution >= 0.6 is 0 Å². The van der Waals surface area contributed by atoms with Gasteiger partial charge in [0.1, 0.15) is 30.2 Å². The van der Waals surface area contributed by atoms with Gasteiger partial charge in [-0.1, -0.05) is 0 Å². The zero-order valence-corrected chi connectivity index (χ0v) is 10.0. The molecule has 2 aromatic rings. The Morgan fingerprint density at radius 1 is 1.32 bits per heavy atom. The van der Waals surface area contributed by atoms with Gasteiger partial charge in [-0.05, 0) is 12.1 Å². The van der Waals surface area contributed by atoms with Crippen LogP contribution in [0.5, 0.6) is 0 Å². The maximum Gasteiger partial charge on any atom is 0.151 e. The van der Waals surface area contributed by atoms with E-state index < -0.39 is 24.4 Å². The van der Waals surface area contributed by atoms with Gasteiger partial charge in [0.25, 0.3) is 0 Å². The van der Waals surface area contributed by atoms with Gasteiger partial charge < -0.3 is 26.4 Å². The fourth-order valence-electron chi connectivity index (χ4n) is 2.38. The van der Waals surface area contributed by atoms with E-state index in [0.29, 0.717) is 17.0 Å². The molecule has 8 heteroatoms. The summed E-state index contributed by atoms with van der Waals surface area (Å²) in [4.78, 5) is 3.89. The summed E-state index contributed by atoms with van der Waals surface area (Å²) >= 11 is 0. The van der Waals surface area contributed by atoms with Gasteiger partial charge in [0.2, 0.25) is 0 Å². The minimum absolute atomic E-state index is 0.134. The summed E-state index contributed by atoms with van der Waals surface area (Å²) < 4.78 is 7.12. The van der Waals surface area contributed by atoms with E-state index in [1.807, 2.05) is 0 Å². The molecular weight excluding hydrogens is 250 g/mol. The number of anilines is 1. The molecule has 1 aliphatic rings. The highest BCUT2D eigenvalue weighted by molar-refractivity contribution is 5.65. The van der Waals surface area contributed by atoms with Gasteiger partial charge in [0.15, 0.2) is 5.82 Å². The molecule has 3 rings (SSSR count). The van der Waals surface area contributed by atoms with E-state index in [1.165, 1.54) is 6.33 Å². The number of nitrogen functional groups attached to an aromatic ring is 1. The van der Waals surface area contributed by atoms with Gasteiger partial charge in [0, 0.05) is 6.54 Å². The van der Waals surface area contributed by atoms with Crippen molar-refractivity contribution in [3.8, 4) is 0 Å². The number of aromatic nitrogens is 3. The molecule has 0 unspecified atom stereocenters. The molecule has 0 bridgehead atoms. The molecular formula is C11H15N5O3. The summed E-state index contributed by atoms with van der Waals surface area (Å²) in [5, 5.41) is 24.0. The van der Waals surface area contributed by atoms with E-state index in [-0.39, 0.29) is 6.54 Å². The lowest BCUT2D eigenvalue weighted by Gasteiger charge is -2.14. The monoisotopic (exact) mass is 265 g/mol. The van der Waals surface area contributed by atoms with Crippen molar-refractivity contribution in [1.29, 1.82) is 0 Å². The van der Waals surface area contributed by atoms with Crippen LogP contribution in [0, 0.1) is 0 Å². The van der Waals surface area contributed by atoms with Crippen LogP contribution in [-0.2, 0) is 4.74 Å². The number of aliphatic hydroxyl groups is 2. The fraction of sp³-hybridized carbons (Fsp3) is 0.455. The largest absolute Gasteiger partial charge is 0.388 e. The summed E-state index contributed by atoms with van der Waals surface area (Å²) in [5.74, 6) is 0.338. The summed E-state index contributed by atoms with van der Waals surface area (Å²) in [6.45, 7) is 0.134. The van der Waals surface area contributed by atoms with E-state index in [2.05, 4.69) is 10.1 Å².